The highest BCUT2D eigenvalue weighted by molar-refractivity contribution is 5.88. The van der Waals surface area contributed by atoms with E-state index in [0.29, 0.717) is 0 Å². The summed E-state index contributed by atoms with van der Waals surface area (Å²) in [4.78, 5) is 10.8. The smallest absolute Gasteiger partial charge is 0.221 e. The predicted octanol–water partition coefficient (Wildman–Crippen LogP) is 2.57. The van der Waals surface area contributed by atoms with Crippen LogP contribution in [0.25, 0.3) is 0 Å². The van der Waals surface area contributed by atoms with Crippen LogP contribution in [0.2, 0.25) is 0 Å². The van der Waals surface area contributed by atoms with Crippen LogP contribution in [0, 0.1) is 20.8 Å². The van der Waals surface area contributed by atoms with Crippen LogP contribution in [0.1, 0.15) is 23.6 Å². The third-order valence-electron chi connectivity index (χ3n) is 2.25. The number of hydrogen-bond acceptors (Lipinski definition) is 1. The number of anilines is 1. The molecule has 2 nitrogen and oxygen atoms in total. The lowest BCUT2D eigenvalue weighted by atomic mass is 10.0. The molecule has 0 bridgehead atoms. The van der Waals surface area contributed by atoms with E-state index < -0.39 is 0 Å². The van der Waals surface area contributed by atoms with Gasteiger partial charge < -0.3 is 5.32 Å². The molecular weight excluding hydrogens is 162 g/mol. The molecule has 70 valence electrons. The molecule has 0 spiro atoms. The summed E-state index contributed by atoms with van der Waals surface area (Å²) in [5.41, 5.74) is 4.59. The number of nitrogens with one attached hydrogen (secondary N) is 1. The van der Waals surface area contributed by atoms with Crippen LogP contribution in [-0.2, 0) is 4.79 Å². The first kappa shape index (κ1) is 9.78. The quantitative estimate of drug-likeness (QED) is 0.701. The van der Waals surface area contributed by atoms with E-state index in [1.807, 2.05) is 26.0 Å². The Kier molecular flexibility index (Phi) is 2.71. The van der Waals surface area contributed by atoms with Gasteiger partial charge in [0.1, 0.15) is 0 Å². The van der Waals surface area contributed by atoms with Gasteiger partial charge in [-0.05, 0) is 49.6 Å². The van der Waals surface area contributed by atoms with Crippen LogP contribution in [0.5, 0.6) is 0 Å². The Morgan fingerprint density at radius 2 is 1.62 bits per heavy atom. The molecule has 0 unspecified atom stereocenters. The number of amides is 1. The second-order valence-electron chi connectivity index (χ2n) is 3.42. The van der Waals surface area contributed by atoms with Crippen molar-refractivity contribution in [1.82, 2.24) is 0 Å². The van der Waals surface area contributed by atoms with Crippen molar-refractivity contribution in [3.63, 3.8) is 0 Å². The second kappa shape index (κ2) is 3.60. The number of carbonyl (C=O) groups is 1. The molecule has 1 N–H and O–H groups in total. The molecule has 0 aliphatic carbocycles. The largest absolute Gasteiger partial charge is 0.326 e. The summed E-state index contributed by atoms with van der Waals surface area (Å²) < 4.78 is 0. The van der Waals surface area contributed by atoms with E-state index in [-0.39, 0.29) is 5.91 Å². The Balaban J connectivity index is 3.06. The van der Waals surface area contributed by atoms with E-state index in [2.05, 4.69) is 12.2 Å². The first-order chi connectivity index (χ1) is 6.00. The molecule has 1 aromatic rings. The zero-order chi connectivity index (χ0) is 10.0. The van der Waals surface area contributed by atoms with E-state index in [1.54, 1.807) is 0 Å². The molecule has 0 saturated heterocycles. The van der Waals surface area contributed by atoms with E-state index >= 15 is 0 Å². The number of aryl methyl sites for hydroxylation is 2. The Hall–Kier alpha value is -1.31. The van der Waals surface area contributed by atoms with E-state index in [4.69, 9.17) is 0 Å². The van der Waals surface area contributed by atoms with Gasteiger partial charge >= 0.3 is 0 Å². The lowest BCUT2D eigenvalue weighted by molar-refractivity contribution is -0.114. The van der Waals surface area contributed by atoms with Crippen molar-refractivity contribution < 1.29 is 4.79 Å². The summed E-state index contributed by atoms with van der Waals surface area (Å²) in [6, 6.07) is 3.98. The number of rotatable bonds is 1. The maximum absolute atomic E-state index is 10.8. The minimum atomic E-state index is -0.0253. The third-order valence-corrected chi connectivity index (χ3v) is 2.25. The molecule has 1 rings (SSSR count). The molecule has 0 atom stereocenters. The first-order valence-corrected chi connectivity index (χ1v) is 4.36. The van der Waals surface area contributed by atoms with Crippen LogP contribution in [0.4, 0.5) is 5.69 Å². The van der Waals surface area contributed by atoms with Crippen LogP contribution in [0.15, 0.2) is 12.1 Å². The first-order valence-electron chi connectivity index (χ1n) is 4.36. The summed E-state index contributed by atoms with van der Waals surface area (Å²) in [6.07, 6.45) is 0. The maximum Gasteiger partial charge on any atom is 0.221 e. The lowest BCUT2D eigenvalue weighted by Crippen LogP contribution is -2.06. The molecule has 0 aromatic heterocycles. The van der Waals surface area contributed by atoms with Crippen molar-refractivity contribution in [2.45, 2.75) is 27.7 Å². The fraction of sp³-hybridized carbons (Fsp3) is 0.364. The SMILES string of the molecule is CC(=O)Nc1cc(C)c(C)c(C)c1. The van der Waals surface area contributed by atoms with Gasteiger partial charge in [0.05, 0.1) is 0 Å². The van der Waals surface area contributed by atoms with Crippen molar-refractivity contribution in [2.75, 3.05) is 5.32 Å². The summed E-state index contributed by atoms with van der Waals surface area (Å²) in [5, 5.41) is 2.77. The van der Waals surface area contributed by atoms with Gasteiger partial charge in [0.2, 0.25) is 5.91 Å². The predicted molar refractivity (Wildman–Crippen MR) is 55.0 cm³/mol. The van der Waals surface area contributed by atoms with Crippen molar-refractivity contribution >= 4 is 11.6 Å². The molecule has 0 aliphatic heterocycles. The van der Waals surface area contributed by atoms with Crippen LogP contribution in [0.3, 0.4) is 0 Å². The van der Waals surface area contributed by atoms with Crippen molar-refractivity contribution in [3.8, 4) is 0 Å². The molecule has 2 heteroatoms. The average Bonchev–Trinajstić information content (AvgIpc) is 1.98. The average molecular weight is 177 g/mol. The lowest BCUT2D eigenvalue weighted by Gasteiger charge is -2.08. The van der Waals surface area contributed by atoms with Crippen molar-refractivity contribution in [1.29, 1.82) is 0 Å². The monoisotopic (exact) mass is 177 g/mol. The molecule has 0 aliphatic rings. The molecule has 1 aromatic carbocycles. The normalized spacial score (nSPS) is 9.85. The molecule has 0 fully saturated rings. The summed E-state index contributed by atoms with van der Waals surface area (Å²) in [7, 11) is 0. The van der Waals surface area contributed by atoms with Gasteiger partial charge in [-0.15, -0.1) is 0 Å². The molecule has 13 heavy (non-hydrogen) atoms. The zero-order valence-corrected chi connectivity index (χ0v) is 8.56. The number of benzene rings is 1. The van der Waals surface area contributed by atoms with Gasteiger partial charge in [0, 0.05) is 12.6 Å². The molecular formula is C11H15NO. The van der Waals surface area contributed by atoms with Gasteiger partial charge in [0.25, 0.3) is 0 Å². The molecule has 1 amide bonds. The van der Waals surface area contributed by atoms with Crippen molar-refractivity contribution in [2.24, 2.45) is 0 Å². The van der Waals surface area contributed by atoms with E-state index in [1.165, 1.54) is 23.6 Å². The van der Waals surface area contributed by atoms with Crippen LogP contribution >= 0.6 is 0 Å². The van der Waals surface area contributed by atoms with E-state index in [0.717, 1.165) is 5.69 Å². The zero-order valence-electron chi connectivity index (χ0n) is 8.56. The Bertz CT molecular complexity index is 319. The van der Waals surface area contributed by atoms with Crippen LogP contribution < -0.4 is 5.32 Å². The fourth-order valence-corrected chi connectivity index (χ4v) is 1.31. The highest BCUT2D eigenvalue weighted by atomic mass is 16.1. The topological polar surface area (TPSA) is 29.1 Å². The summed E-state index contributed by atoms with van der Waals surface area (Å²) in [5.74, 6) is -0.0253. The summed E-state index contributed by atoms with van der Waals surface area (Å²) >= 11 is 0. The minimum absolute atomic E-state index is 0.0253. The van der Waals surface area contributed by atoms with Gasteiger partial charge in [-0.2, -0.15) is 0 Å². The van der Waals surface area contributed by atoms with Crippen LogP contribution in [-0.4, -0.2) is 5.91 Å². The standard InChI is InChI=1S/C11H15NO/c1-7-5-11(12-10(4)13)6-8(2)9(7)3/h5-6H,1-4H3,(H,12,13). The number of hydrogen-bond donors (Lipinski definition) is 1. The highest BCUT2D eigenvalue weighted by Gasteiger charge is 2.01. The molecule has 0 heterocycles. The van der Waals surface area contributed by atoms with Gasteiger partial charge in [-0.25, -0.2) is 0 Å². The van der Waals surface area contributed by atoms with E-state index in [9.17, 15) is 4.79 Å². The number of carbonyl (C=O) groups excluding carboxylic acids is 1. The maximum atomic E-state index is 10.8. The molecule has 0 radical (unpaired) electrons. The minimum Gasteiger partial charge on any atom is -0.326 e. The van der Waals surface area contributed by atoms with Crippen molar-refractivity contribution in [3.05, 3.63) is 28.8 Å². The molecule has 0 saturated carbocycles. The second-order valence-corrected chi connectivity index (χ2v) is 3.42. The Labute approximate surface area is 79.0 Å². The van der Waals surface area contributed by atoms with Gasteiger partial charge in [-0.3, -0.25) is 4.79 Å². The fourth-order valence-electron chi connectivity index (χ4n) is 1.31. The van der Waals surface area contributed by atoms with Gasteiger partial charge in [0.15, 0.2) is 0 Å². The highest BCUT2D eigenvalue weighted by Crippen LogP contribution is 2.18. The Morgan fingerprint density at radius 3 is 2.00 bits per heavy atom. The van der Waals surface area contributed by atoms with Gasteiger partial charge in [-0.1, -0.05) is 0 Å². The summed E-state index contributed by atoms with van der Waals surface area (Å²) in [6.45, 7) is 7.70. The third kappa shape index (κ3) is 2.31. The Morgan fingerprint density at radius 1 is 1.15 bits per heavy atom.